The van der Waals surface area contributed by atoms with Crippen LogP contribution in [0.15, 0.2) is 28.9 Å². The summed E-state index contributed by atoms with van der Waals surface area (Å²) in [6.07, 6.45) is 2.05. The Balaban J connectivity index is 1.95. The summed E-state index contributed by atoms with van der Waals surface area (Å²) < 4.78 is 32.6. The number of carbonyl (C=O) groups is 1. The Morgan fingerprint density at radius 1 is 1.28 bits per heavy atom. The molecule has 9 heteroatoms. The highest BCUT2D eigenvalue weighted by atomic mass is 32.1. The maximum absolute atomic E-state index is 13.9. The van der Waals surface area contributed by atoms with Gasteiger partial charge in [-0.25, -0.2) is 13.8 Å². The van der Waals surface area contributed by atoms with Crippen LogP contribution in [0.5, 0.6) is 0 Å². The lowest BCUT2D eigenvalue weighted by Gasteiger charge is -2.19. The van der Waals surface area contributed by atoms with Gasteiger partial charge in [-0.3, -0.25) is 9.69 Å². The lowest BCUT2D eigenvalue weighted by molar-refractivity contribution is 0.0950. The smallest absolute Gasteiger partial charge is 0.298 e. The van der Waals surface area contributed by atoms with Crippen molar-refractivity contribution in [3.8, 4) is 0 Å². The Morgan fingerprint density at radius 2 is 2.08 bits per heavy atom. The van der Waals surface area contributed by atoms with Crippen molar-refractivity contribution in [2.24, 2.45) is 0 Å². The van der Waals surface area contributed by atoms with Crippen molar-refractivity contribution in [1.82, 2.24) is 15.0 Å². The van der Waals surface area contributed by atoms with Gasteiger partial charge in [-0.1, -0.05) is 16.5 Å². The maximum atomic E-state index is 13.9. The molecule has 0 bridgehead atoms. The third kappa shape index (κ3) is 3.83. The first kappa shape index (κ1) is 17.4. The Kier molecular flexibility index (Phi) is 5.05. The highest BCUT2D eigenvalue weighted by Crippen LogP contribution is 2.32. The van der Waals surface area contributed by atoms with Gasteiger partial charge in [0.25, 0.3) is 5.91 Å². The minimum atomic E-state index is -0.752. The fraction of sp³-hybridized carbons (Fsp3) is 0.312. The molecule has 25 heavy (non-hydrogen) atoms. The number of hydrogen-bond acceptors (Lipinski definition) is 6. The Morgan fingerprint density at radius 3 is 2.76 bits per heavy atom. The predicted molar refractivity (Wildman–Crippen MR) is 90.9 cm³/mol. The normalized spacial score (nSPS) is 11.4. The number of carbonyl (C=O) groups excluding carboxylic acids is 1. The second kappa shape index (κ2) is 7.24. The van der Waals surface area contributed by atoms with Crippen molar-refractivity contribution < 1.29 is 18.1 Å². The summed E-state index contributed by atoms with van der Waals surface area (Å²) in [6.45, 7) is 1.12. The van der Waals surface area contributed by atoms with Gasteiger partial charge in [0.05, 0.1) is 10.9 Å². The zero-order chi connectivity index (χ0) is 18.0. The van der Waals surface area contributed by atoms with E-state index in [9.17, 15) is 13.6 Å². The van der Waals surface area contributed by atoms with Crippen LogP contribution in [0, 0.1) is 11.6 Å². The maximum Gasteiger partial charge on any atom is 0.298 e. The van der Waals surface area contributed by atoms with Crippen molar-refractivity contribution in [2.75, 3.05) is 32.1 Å². The summed E-state index contributed by atoms with van der Waals surface area (Å²) in [7, 11) is 3.86. The number of rotatable bonds is 6. The van der Waals surface area contributed by atoms with E-state index in [1.807, 2.05) is 19.0 Å². The van der Waals surface area contributed by atoms with Gasteiger partial charge in [0, 0.05) is 18.7 Å². The molecule has 0 fully saturated rings. The Bertz CT molecular complexity index is 880. The molecule has 3 aromatic rings. The van der Waals surface area contributed by atoms with E-state index in [2.05, 4.69) is 10.1 Å². The minimum Gasteiger partial charge on any atom is -0.351 e. The summed E-state index contributed by atoms with van der Waals surface area (Å²) in [4.78, 5) is 20.3. The molecule has 0 N–H and O–H groups in total. The van der Waals surface area contributed by atoms with Gasteiger partial charge in [0.2, 0.25) is 5.76 Å². The van der Waals surface area contributed by atoms with Crippen LogP contribution in [0.4, 0.5) is 13.9 Å². The molecule has 3 rings (SSSR count). The van der Waals surface area contributed by atoms with Crippen molar-refractivity contribution in [3.05, 3.63) is 41.8 Å². The molecule has 0 aliphatic rings. The second-order valence-electron chi connectivity index (χ2n) is 5.72. The van der Waals surface area contributed by atoms with E-state index >= 15 is 0 Å². The number of thiazole rings is 1. The van der Waals surface area contributed by atoms with E-state index in [0.29, 0.717) is 22.8 Å². The highest BCUT2D eigenvalue weighted by Gasteiger charge is 2.24. The third-order valence-corrected chi connectivity index (χ3v) is 4.54. The second-order valence-corrected chi connectivity index (χ2v) is 6.73. The van der Waals surface area contributed by atoms with Gasteiger partial charge in [-0.2, -0.15) is 0 Å². The number of aromatic nitrogens is 2. The van der Waals surface area contributed by atoms with Crippen LogP contribution in [0.25, 0.3) is 10.2 Å². The number of amides is 1. The lowest BCUT2D eigenvalue weighted by atomic mass is 10.3. The molecule has 0 saturated heterocycles. The molecule has 6 nitrogen and oxygen atoms in total. The number of hydrogen-bond donors (Lipinski definition) is 0. The fourth-order valence-corrected chi connectivity index (χ4v) is 3.38. The first-order valence-electron chi connectivity index (χ1n) is 7.58. The first-order valence-corrected chi connectivity index (χ1v) is 8.40. The van der Waals surface area contributed by atoms with Crippen LogP contribution in [0.3, 0.4) is 0 Å². The van der Waals surface area contributed by atoms with Gasteiger partial charge in [0.1, 0.15) is 11.3 Å². The summed E-state index contributed by atoms with van der Waals surface area (Å²) in [5, 5.41) is 3.83. The molecule has 0 aliphatic carbocycles. The van der Waals surface area contributed by atoms with E-state index in [0.717, 1.165) is 23.9 Å². The molecular weight excluding hydrogens is 350 g/mol. The summed E-state index contributed by atoms with van der Waals surface area (Å²) in [5.41, 5.74) is 0.0457. The third-order valence-electron chi connectivity index (χ3n) is 3.51. The van der Waals surface area contributed by atoms with Crippen molar-refractivity contribution in [1.29, 1.82) is 0 Å². The number of benzene rings is 1. The van der Waals surface area contributed by atoms with Gasteiger partial charge in [0.15, 0.2) is 10.9 Å². The zero-order valence-corrected chi connectivity index (χ0v) is 14.5. The van der Waals surface area contributed by atoms with Gasteiger partial charge in [-0.05, 0) is 33.1 Å². The van der Waals surface area contributed by atoms with Crippen molar-refractivity contribution in [3.63, 3.8) is 0 Å². The van der Waals surface area contributed by atoms with Gasteiger partial charge in [-0.15, -0.1) is 0 Å². The molecule has 0 saturated carbocycles. The zero-order valence-electron chi connectivity index (χ0n) is 13.7. The van der Waals surface area contributed by atoms with Crippen LogP contribution >= 0.6 is 11.3 Å². The summed E-state index contributed by atoms with van der Waals surface area (Å²) >= 11 is 1.06. The Hall–Kier alpha value is -2.39. The molecule has 1 aromatic carbocycles. The molecule has 0 spiro atoms. The average Bonchev–Trinajstić information content (AvgIpc) is 3.20. The monoisotopic (exact) mass is 366 g/mol. The standard InChI is InChI=1S/C16H16F2N4O2S/c1-21(2)6-3-7-22(15(23)12-4-5-19-24-12)16-20-14-11(18)8-10(17)9-13(14)25-16/h4-5,8-9H,3,6-7H2,1-2H3. The fourth-order valence-electron chi connectivity index (χ4n) is 2.35. The van der Waals surface area contributed by atoms with Gasteiger partial charge >= 0.3 is 0 Å². The number of halogens is 2. The molecule has 1 amide bonds. The van der Waals surface area contributed by atoms with Crippen LogP contribution in [0.1, 0.15) is 17.0 Å². The van der Waals surface area contributed by atoms with E-state index in [1.54, 1.807) is 0 Å². The predicted octanol–water partition coefficient (Wildman–Crippen LogP) is 3.16. The molecule has 0 unspecified atom stereocenters. The van der Waals surface area contributed by atoms with Crippen LogP contribution in [0.2, 0.25) is 0 Å². The number of anilines is 1. The minimum absolute atomic E-state index is 0.0457. The SMILES string of the molecule is CN(C)CCCN(C(=O)c1ccno1)c1nc2c(F)cc(F)cc2s1. The molecule has 0 aliphatic heterocycles. The van der Waals surface area contributed by atoms with Gasteiger partial charge < -0.3 is 9.42 Å². The quantitative estimate of drug-likeness (QED) is 0.671. The van der Waals surface area contributed by atoms with Crippen molar-refractivity contribution in [2.45, 2.75) is 6.42 Å². The average molecular weight is 366 g/mol. The lowest BCUT2D eigenvalue weighted by Crippen LogP contribution is -2.33. The highest BCUT2D eigenvalue weighted by molar-refractivity contribution is 7.22. The summed E-state index contributed by atoms with van der Waals surface area (Å²) in [5.74, 6) is -1.79. The molecule has 2 heterocycles. The topological polar surface area (TPSA) is 62.5 Å². The van der Waals surface area contributed by atoms with Crippen LogP contribution < -0.4 is 4.90 Å². The van der Waals surface area contributed by atoms with E-state index in [-0.39, 0.29) is 11.3 Å². The summed E-state index contributed by atoms with van der Waals surface area (Å²) in [6, 6.07) is 3.44. The number of fused-ring (bicyclic) bond motifs is 1. The van der Waals surface area contributed by atoms with E-state index < -0.39 is 17.5 Å². The van der Waals surface area contributed by atoms with Crippen molar-refractivity contribution >= 4 is 32.6 Å². The molecule has 132 valence electrons. The molecule has 0 radical (unpaired) electrons. The molecule has 2 aromatic heterocycles. The first-order chi connectivity index (χ1) is 12.0. The molecule has 0 atom stereocenters. The van der Waals surface area contributed by atoms with E-state index in [4.69, 9.17) is 4.52 Å². The molecular formula is C16H16F2N4O2S. The number of nitrogens with zero attached hydrogens (tertiary/aromatic N) is 4. The van der Waals surface area contributed by atoms with Crippen LogP contribution in [-0.4, -0.2) is 48.1 Å². The van der Waals surface area contributed by atoms with E-state index in [1.165, 1.54) is 23.2 Å². The van der Waals surface area contributed by atoms with Crippen LogP contribution in [-0.2, 0) is 0 Å². The Labute approximate surface area is 146 Å². The largest absolute Gasteiger partial charge is 0.351 e.